The molecule has 0 unspecified atom stereocenters. The summed E-state index contributed by atoms with van der Waals surface area (Å²) in [5, 5.41) is 0. The molecule has 0 aliphatic rings. The van der Waals surface area contributed by atoms with E-state index in [1.807, 2.05) is 0 Å². The van der Waals surface area contributed by atoms with Crippen LogP contribution in [-0.4, -0.2) is 6.54 Å². The van der Waals surface area contributed by atoms with Crippen molar-refractivity contribution < 1.29 is 16.5 Å². The molecule has 0 fully saturated rings. The Morgan fingerprint density at radius 3 is 1.90 bits per heavy atom. The molecule has 0 aliphatic carbocycles. The Balaban J connectivity index is 0. The van der Waals surface area contributed by atoms with E-state index in [1.165, 1.54) is 38.5 Å². The minimum absolute atomic E-state index is 0. The molecule has 0 atom stereocenters. The molecule has 0 spiro atoms. The van der Waals surface area contributed by atoms with Crippen LogP contribution in [-0.2, 0) is 16.5 Å². The summed E-state index contributed by atoms with van der Waals surface area (Å²) >= 11 is 0. The van der Waals surface area contributed by atoms with Crippen molar-refractivity contribution in [1.82, 2.24) is 0 Å². The predicted molar refractivity (Wildman–Crippen MR) is 42.4 cm³/mol. The zero-order chi connectivity index (χ0) is 6.95. The molecular weight excluding hydrogens is 169 g/mol. The van der Waals surface area contributed by atoms with Crippen LogP contribution in [0.1, 0.15) is 45.4 Å². The van der Waals surface area contributed by atoms with E-state index in [0.717, 1.165) is 6.54 Å². The third-order valence-electron chi connectivity index (χ3n) is 1.56. The maximum absolute atomic E-state index is 5.34. The van der Waals surface area contributed by atoms with Gasteiger partial charge in [-0.3, -0.25) is 0 Å². The smallest absolute Gasteiger partial charge is 0.330 e. The first kappa shape index (κ1) is 13.1. The topological polar surface area (TPSA) is 26.0 Å². The molecule has 0 aromatic carbocycles. The summed E-state index contributed by atoms with van der Waals surface area (Å²) in [6.07, 6.45) is 8.05. The maximum Gasteiger partial charge on any atom is 2.00 e. The van der Waals surface area contributed by atoms with E-state index in [0.29, 0.717) is 0 Å². The standard InChI is InChI=1S/C8H19N.Ni/c1-2-3-4-5-6-7-8-9;/h2-9H2,1H3;/q;+2. The van der Waals surface area contributed by atoms with E-state index >= 15 is 0 Å². The zero-order valence-corrected chi connectivity index (χ0v) is 7.83. The van der Waals surface area contributed by atoms with Crippen LogP contribution in [0.25, 0.3) is 0 Å². The van der Waals surface area contributed by atoms with Crippen molar-refractivity contribution in [3.8, 4) is 0 Å². The fraction of sp³-hybridized carbons (Fsp3) is 1.00. The molecule has 0 rings (SSSR count). The van der Waals surface area contributed by atoms with Crippen molar-refractivity contribution in [3.05, 3.63) is 0 Å². The molecule has 0 amide bonds. The third-order valence-corrected chi connectivity index (χ3v) is 1.56. The van der Waals surface area contributed by atoms with Gasteiger partial charge in [-0.05, 0) is 13.0 Å². The van der Waals surface area contributed by atoms with Gasteiger partial charge < -0.3 is 5.73 Å². The molecule has 10 heavy (non-hydrogen) atoms. The second-order valence-electron chi connectivity index (χ2n) is 2.56. The molecular formula is C8H19NNi+2. The van der Waals surface area contributed by atoms with Crippen LogP contribution in [0.5, 0.6) is 0 Å². The molecule has 0 aromatic rings. The Hall–Kier alpha value is 0.454. The van der Waals surface area contributed by atoms with Gasteiger partial charge >= 0.3 is 16.5 Å². The molecule has 2 heteroatoms. The van der Waals surface area contributed by atoms with Crippen LogP contribution in [0.15, 0.2) is 0 Å². The summed E-state index contributed by atoms with van der Waals surface area (Å²) < 4.78 is 0. The molecule has 2 N–H and O–H groups in total. The Morgan fingerprint density at radius 2 is 1.40 bits per heavy atom. The minimum atomic E-state index is 0. The van der Waals surface area contributed by atoms with Crippen molar-refractivity contribution in [3.63, 3.8) is 0 Å². The van der Waals surface area contributed by atoms with Crippen molar-refractivity contribution >= 4 is 0 Å². The van der Waals surface area contributed by atoms with Crippen LogP contribution in [0, 0.1) is 0 Å². The molecule has 0 heterocycles. The zero-order valence-electron chi connectivity index (χ0n) is 6.84. The van der Waals surface area contributed by atoms with E-state index in [9.17, 15) is 0 Å². The normalized spacial score (nSPS) is 9.00. The van der Waals surface area contributed by atoms with E-state index < -0.39 is 0 Å². The average Bonchev–Trinajstić information content (AvgIpc) is 1.89. The van der Waals surface area contributed by atoms with Crippen molar-refractivity contribution in [2.24, 2.45) is 5.73 Å². The van der Waals surface area contributed by atoms with Crippen LogP contribution in [0.2, 0.25) is 0 Å². The van der Waals surface area contributed by atoms with E-state index in [4.69, 9.17) is 5.73 Å². The Labute approximate surface area is 74.7 Å². The van der Waals surface area contributed by atoms with Crippen molar-refractivity contribution in [1.29, 1.82) is 0 Å². The first-order valence-corrected chi connectivity index (χ1v) is 4.12. The molecule has 0 saturated heterocycles. The van der Waals surface area contributed by atoms with Crippen molar-refractivity contribution in [2.75, 3.05) is 6.54 Å². The van der Waals surface area contributed by atoms with E-state index in [1.54, 1.807) is 0 Å². The van der Waals surface area contributed by atoms with Gasteiger partial charge in [-0.2, -0.15) is 0 Å². The summed E-state index contributed by atoms with van der Waals surface area (Å²) in [6.45, 7) is 3.11. The molecule has 1 nitrogen and oxygen atoms in total. The molecule has 0 aromatic heterocycles. The van der Waals surface area contributed by atoms with Gasteiger partial charge in [0.1, 0.15) is 0 Å². The fourth-order valence-electron chi connectivity index (χ4n) is 0.925. The second kappa shape index (κ2) is 12.2. The van der Waals surface area contributed by atoms with Crippen LogP contribution < -0.4 is 5.73 Å². The van der Waals surface area contributed by atoms with Gasteiger partial charge in [0.25, 0.3) is 0 Å². The van der Waals surface area contributed by atoms with Gasteiger partial charge in [0.05, 0.1) is 0 Å². The minimum Gasteiger partial charge on any atom is -0.330 e. The fourth-order valence-corrected chi connectivity index (χ4v) is 0.925. The SMILES string of the molecule is CCCCCCCCN.[Ni+2]. The second-order valence-corrected chi connectivity index (χ2v) is 2.56. The van der Waals surface area contributed by atoms with Crippen LogP contribution in [0.4, 0.5) is 0 Å². The monoisotopic (exact) mass is 187 g/mol. The van der Waals surface area contributed by atoms with Gasteiger partial charge in [-0.25, -0.2) is 0 Å². The largest absolute Gasteiger partial charge is 2.00 e. The number of rotatable bonds is 6. The van der Waals surface area contributed by atoms with Crippen LogP contribution in [0.3, 0.4) is 0 Å². The Bertz CT molecular complexity index is 42.5. The van der Waals surface area contributed by atoms with Gasteiger partial charge in [-0.1, -0.05) is 39.0 Å². The maximum atomic E-state index is 5.34. The number of nitrogens with two attached hydrogens (primary N) is 1. The first-order valence-electron chi connectivity index (χ1n) is 4.12. The Kier molecular flexibility index (Phi) is 15.9. The molecule has 0 aliphatic heterocycles. The molecule has 0 bridgehead atoms. The molecule has 0 radical (unpaired) electrons. The summed E-state index contributed by atoms with van der Waals surface area (Å²) in [6, 6.07) is 0. The third kappa shape index (κ3) is 11.3. The van der Waals surface area contributed by atoms with Gasteiger partial charge in [-0.15, -0.1) is 0 Å². The number of hydrogen-bond donors (Lipinski definition) is 1. The number of hydrogen-bond acceptors (Lipinski definition) is 1. The van der Waals surface area contributed by atoms with E-state index in [-0.39, 0.29) is 16.5 Å². The summed E-state index contributed by atoms with van der Waals surface area (Å²) in [4.78, 5) is 0. The first-order chi connectivity index (χ1) is 4.41. The van der Waals surface area contributed by atoms with E-state index in [2.05, 4.69) is 6.92 Å². The van der Waals surface area contributed by atoms with Gasteiger partial charge in [0, 0.05) is 0 Å². The number of unbranched alkanes of at least 4 members (excludes halogenated alkanes) is 5. The summed E-state index contributed by atoms with van der Waals surface area (Å²) in [5.41, 5.74) is 5.34. The predicted octanol–water partition coefficient (Wildman–Crippen LogP) is 2.30. The molecule has 64 valence electrons. The van der Waals surface area contributed by atoms with Crippen molar-refractivity contribution in [2.45, 2.75) is 45.4 Å². The quantitative estimate of drug-likeness (QED) is 0.502. The molecule has 0 saturated carbocycles. The summed E-state index contributed by atoms with van der Waals surface area (Å²) in [5.74, 6) is 0. The Morgan fingerprint density at radius 1 is 0.900 bits per heavy atom. The summed E-state index contributed by atoms with van der Waals surface area (Å²) in [7, 11) is 0. The van der Waals surface area contributed by atoms with Crippen LogP contribution >= 0.6 is 0 Å². The average molecular weight is 188 g/mol. The van der Waals surface area contributed by atoms with Gasteiger partial charge in [0.15, 0.2) is 0 Å². The van der Waals surface area contributed by atoms with Gasteiger partial charge in [0.2, 0.25) is 0 Å².